The number of para-hydroxylation sites is 2. The number of hydrogen-bond acceptors (Lipinski definition) is 5. The number of Topliss-reactive ketones (excluding diaryl/α,β-unsaturated/α-hetero) is 1. The maximum absolute atomic E-state index is 13.3. The van der Waals surface area contributed by atoms with Crippen molar-refractivity contribution in [1.82, 2.24) is 4.98 Å². The van der Waals surface area contributed by atoms with Crippen LogP contribution in [0.4, 0.5) is 0 Å². The molecule has 0 saturated heterocycles. The lowest BCUT2D eigenvalue weighted by molar-refractivity contribution is 0.105. The van der Waals surface area contributed by atoms with Crippen LogP contribution in [-0.2, 0) is 0 Å². The molecular formula is C24H19NO4. The maximum Gasteiger partial charge on any atom is 0.231 e. The Hall–Kier alpha value is -3.86. The van der Waals surface area contributed by atoms with E-state index in [1.165, 1.54) is 0 Å². The van der Waals surface area contributed by atoms with Crippen molar-refractivity contribution in [3.63, 3.8) is 0 Å². The molecule has 0 spiro atoms. The second-order valence-electron chi connectivity index (χ2n) is 6.38. The second kappa shape index (κ2) is 8.02. The van der Waals surface area contributed by atoms with Gasteiger partial charge in [0.05, 0.1) is 19.8 Å². The molecule has 0 atom stereocenters. The molecule has 144 valence electrons. The first kappa shape index (κ1) is 18.5. The molecular weight excluding hydrogens is 366 g/mol. The zero-order valence-corrected chi connectivity index (χ0v) is 16.1. The highest BCUT2D eigenvalue weighted by Crippen LogP contribution is 2.27. The number of rotatable bonds is 6. The van der Waals surface area contributed by atoms with E-state index in [9.17, 15) is 4.79 Å². The van der Waals surface area contributed by atoms with Gasteiger partial charge in [0.15, 0.2) is 11.4 Å². The molecule has 0 saturated carbocycles. The van der Waals surface area contributed by atoms with E-state index in [4.69, 9.17) is 13.9 Å². The van der Waals surface area contributed by atoms with Crippen LogP contribution in [0.1, 0.15) is 21.8 Å². The van der Waals surface area contributed by atoms with Crippen LogP contribution in [0.15, 0.2) is 77.2 Å². The summed E-state index contributed by atoms with van der Waals surface area (Å²) in [6.07, 6.45) is 1.77. The summed E-state index contributed by atoms with van der Waals surface area (Å²) in [5.74, 6) is 1.52. The van der Waals surface area contributed by atoms with E-state index in [0.717, 1.165) is 11.3 Å². The van der Waals surface area contributed by atoms with Gasteiger partial charge in [0.1, 0.15) is 17.0 Å². The van der Waals surface area contributed by atoms with Gasteiger partial charge < -0.3 is 13.9 Å². The van der Waals surface area contributed by atoms with Gasteiger partial charge in [0, 0.05) is 5.56 Å². The standard InChI is InChI=1S/C24H19NO4/c1-27-18-11-7-16(8-12-18)15-20(23(26)17-9-13-19(28-2)14-10-17)24-25-21-5-3-4-6-22(21)29-24/h3-15H,1-2H3. The highest BCUT2D eigenvalue weighted by Gasteiger charge is 2.20. The van der Waals surface area contributed by atoms with E-state index >= 15 is 0 Å². The molecule has 0 fully saturated rings. The summed E-state index contributed by atoms with van der Waals surface area (Å²) in [6, 6.07) is 21.8. The van der Waals surface area contributed by atoms with Crippen LogP contribution in [0.3, 0.4) is 0 Å². The van der Waals surface area contributed by atoms with Gasteiger partial charge in [-0.2, -0.15) is 0 Å². The number of nitrogens with zero attached hydrogens (tertiary/aromatic N) is 1. The van der Waals surface area contributed by atoms with E-state index in [-0.39, 0.29) is 11.7 Å². The summed E-state index contributed by atoms with van der Waals surface area (Å²) < 4.78 is 16.3. The van der Waals surface area contributed by atoms with Gasteiger partial charge in [-0.25, -0.2) is 4.98 Å². The third kappa shape index (κ3) is 3.89. The number of fused-ring (bicyclic) bond motifs is 1. The number of hydrogen-bond donors (Lipinski definition) is 0. The first-order valence-electron chi connectivity index (χ1n) is 9.08. The fourth-order valence-electron chi connectivity index (χ4n) is 2.98. The molecule has 0 radical (unpaired) electrons. The minimum absolute atomic E-state index is 0.185. The predicted molar refractivity (Wildman–Crippen MR) is 112 cm³/mol. The Morgan fingerprint density at radius 2 is 1.48 bits per heavy atom. The highest BCUT2D eigenvalue weighted by molar-refractivity contribution is 6.31. The van der Waals surface area contributed by atoms with Gasteiger partial charge in [0.25, 0.3) is 0 Å². The van der Waals surface area contributed by atoms with Gasteiger partial charge in [-0.15, -0.1) is 0 Å². The molecule has 4 aromatic rings. The van der Waals surface area contributed by atoms with Crippen LogP contribution in [0.25, 0.3) is 22.7 Å². The van der Waals surface area contributed by atoms with Crippen molar-refractivity contribution in [3.05, 3.63) is 89.8 Å². The topological polar surface area (TPSA) is 61.6 Å². The molecule has 0 aliphatic carbocycles. The third-order valence-electron chi connectivity index (χ3n) is 4.55. The molecule has 5 nitrogen and oxygen atoms in total. The number of allylic oxidation sites excluding steroid dienone is 1. The predicted octanol–water partition coefficient (Wildman–Crippen LogP) is 5.27. The van der Waals surface area contributed by atoms with Crippen molar-refractivity contribution < 1.29 is 18.7 Å². The highest BCUT2D eigenvalue weighted by atomic mass is 16.5. The summed E-state index contributed by atoms with van der Waals surface area (Å²) in [5, 5.41) is 0. The smallest absolute Gasteiger partial charge is 0.231 e. The fraction of sp³-hybridized carbons (Fsp3) is 0.0833. The van der Waals surface area contributed by atoms with Crippen LogP contribution < -0.4 is 9.47 Å². The average Bonchev–Trinajstić information content (AvgIpc) is 3.21. The van der Waals surface area contributed by atoms with Crippen molar-refractivity contribution in [1.29, 1.82) is 0 Å². The first-order chi connectivity index (χ1) is 14.2. The number of aromatic nitrogens is 1. The number of methoxy groups -OCH3 is 2. The molecule has 0 N–H and O–H groups in total. The van der Waals surface area contributed by atoms with Crippen LogP contribution >= 0.6 is 0 Å². The summed E-state index contributed by atoms with van der Waals surface area (Å²) >= 11 is 0. The van der Waals surface area contributed by atoms with Crippen molar-refractivity contribution in [2.24, 2.45) is 0 Å². The molecule has 3 aromatic carbocycles. The minimum Gasteiger partial charge on any atom is -0.497 e. The first-order valence-corrected chi connectivity index (χ1v) is 9.08. The second-order valence-corrected chi connectivity index (χ2v) is 6.38. The van der Waals surface area contributed by atoms with Crippen LogP contribution in [0.5, 0.6) is 11.5 Å². The number of ketones is 1. The molecule has 29 heavy (non-hydrogen) atoms. The molecule has 0 aliphatic heterocycles. The van der Waals surface area contributed by atoms with E-state index in [0.29, 0.717) is 28.0 Å². The lowest BCUT2D eigenvalue weighted by atomic mass is 10.0. The minimum atomic E-state index is -0.185. The molecule has 5 heteroatoms. The zero-order chi connectivity index (χ0) is 20.2. The van der Waals surface area contributed by atoms with Crippen molar-refractivity contribution in [3.8, 4) is 11.5 Å². The largest absolute Gasteiger partial charge is 0.497 e. The van der Waals surface area contributed by atoms with E-state index < -0.39 is 0 Å². The van der Waals surface area contributed by atoms with Crippen molar-refractivity contribution in [2.45, 2.75) is 0 Å². The van der Waals surface area contributed by atoms with Gasteiger partial charge in [0.2, 0.25) is 5.89 Å². The number of oxazole rings is 1. The summed E-state index contributed by atoms with van der Waals surface area (Å²) in [4.78, 5) is 17.8. The Morgan fingerprint density at radius 1 is 0.862 bits per heavy atom. The van der Waals surface area contributed by atoms with E-state index in [2.05, 4.69) is 4.98 Å². The molecule has 0 aliphatic rings. The Morgan fingerprint density at radius 3 is 2.10 bits per heavy atom. The zero-order valence-electron chi connectivity index (χ0n) is 16.1. The molecule has 0 unspecified atom stereocenters. The maximum atomic E-state index is 13.3. The van der Waals surface area contributed by atoms with Gasteiger partial charge in [-0.1, -0.05) is 24.3 Å². The Bertz CT molecular complexity index is 1140. The molecule has 0 bridgehead atoms. The Labute approximate surface area is 168 Å². The lowest BCUT2D eigenvalue weighted by Gasteiger charge is -2.06. The normalized spacial score (nSPS) is 11.4. The van der Waals surface area contributed by atoms with Crippen LogP contribution in [0, 0.1) is 0 Å². The Kier molecular flexibility index (Phi) is 5.12. The molecule has 1 heterocycles. The van der Waals surface area contributed by atoms with Gasteiger partial charge in [-0.05, 0) is 60.2 Å². The number of carbonyl (C=O) groups is 1. The summed E-state index contributed by atoms with van der Waals surface area (Å²) in [5.41, 5.74) is 3.06. The van der Waals surface area contributed by atoms with E-state index in [1.54, 1.807) is 44.6 Å². The summed E-state index contributed by atoms with van der Waals surface area (Å²) in [6.45, 7) is 0. The van der Waals surface area contributed by atoms with Gasteiger partial charge in [-0.3, -0.25) is 4.79 Å². The SMILES string of the molecule is COc1ccc(C=C(C(=O)c2ccc(OC)cc2)c2nc3ccccc3o2)cc1. The molecule has 1 aromatic heterocycles. The number of ether oxygens (including phenoxy) is 2. The quantitative estimate of drug-likeness (QED) is 0.334. The molecule has 0 amide bonds. The number of benzene rings is 3. The van der Waals surface area contributed by atoms with Crippen LogP contribution in [0.2, 0.25) is 0 Å². The Balaban J connectivity index is 1.80. The van der Waals surface area contributed by atoms with Crippen LogP contribution in [-0.4, -0.2) is 25.0 Å². The van der Waals surface area contributed by atoms with Gasteiger partial charge >= 0.3 is 0 Å². The van der Waals surface area contributed by atoms with Crippen molar-refractivity contribution >= 4 is 28.5 Å². The van der Waals surface area contributed by atoms with E-state index in [1.807, 2.05) is 48.5 Å². The molecule has 4 rings (SSSR count). The lowest BCUT2D eigenvalue weighted by Crippen LogP contribution is -2.03. The summed E-state index contributed by atoms with van der Waals surface area (Å²) in [7, 11) is 3.20. The average molecular weight is 385 g/mol. The third-order valence-corrected chi connectivity index (χ3v) is 4.55. The van der Waals surface area contributed by atoms with Crippen molar-refractivity contribution in [2.75, 3.05) is 14.2 Å². The fourth-order valence-corrected chi connectivity index (χ4v) is 2.98. The monoisotopic (exact) mass is 385 g/mol. The number of carbonyl (C=O) groups excluding carboxylic acids is 1.